The number of rotatable bonds is 9. The summed E-state index contributed by atoms with van der Waals surface area (Å²) in [6, 6.07) is 19.3. The Balaban J connectivity index is 1.40. The third-order valence-electron chi connectivity index (χ3n) is 5.89. The van der Waals surface area contributed by atoms with Crippen LogP contribution in [0.5, 0.6) is 0 Å². The first-order chi connectivity index (χ1) is 19.3. The number of aromatic nitrogens is 1. The average molecular weight is 599 g/mol. The number of nitro benzene ring substituents is 1. The number of nitrogens with zero attached hydrogens (tertiary/aromatic N) is 4. The number of nitro groups is 1. The smallest absolute Gasteiger partial charge is 0.295 e. The molecule has 1 saturated heterocycles. The van der Waals surface area contributed by atoms with Crippen LogP contribution in [0.4, 0.5) is 22.2 Å². The van der Waals surface area contributed by atoms with Gasteiger partial charge in [0.15, 0.2) is 5.13 Å². The number of hydrogen-bond donors (Lipinski definition) is 2. The van der Waals surface area contributed by atoms with Gasteiger partial charge in [-0.2, -0.15) is 5.10 Å². The lowest BCUT2D eigenvalue weighted by molar-refractivity contribution is -0.384. The zero-order valence-electron chi connectivity index (χ0n) is 20.9. The standard InChI is InChI=1S/C26H23ClN6O5S2/c27-19-7-4-8-20(15-19)31-40(36,37)21-9-10-22(23(16-21)33(34)35)30-28-17-24-25(18-5-2-1-3-6-18)29-26(39-24)32-11-13-38-14-12-32/h1-10,15-17,30-31H,11-14H2. The predicted octanol–water partition coefficient (Wildman–Crippen LogP) is 5.46. The Bertz CT molecular complexity index is 1660. The second-order valence-corrected chi connectivity index (χ2v) is 11.7. The van der Waals surface area contributed by atoms with E-state index in [0.29, 0.717) is 18.2 Å². The average Bonchev–Trinajstić information content (AvgIpc) is 3.38. The molecule has 2 N–H and O–H groups in total. The number of hydrogen-bond acceptors (Lipinski definition) is 10. The molecule has 40 heavy (non-hydrogen) atoms. The fourth-order valence-electron chi connectivity index (χ4n) is 3.95. The van der Waals surface area contributed by atoms with E-state index in [4.69, 9.17) is 21.3 Å². The molecule has 0 bridgehead atoms. The lowest BCUT2D eigenvalue weighted by Gasteiger charge is -2.26. The van der Waals surface area contributed by atoms with Gasteiger partial charge in [-0.25, -0.2) is 13.4 Å². The minimum atomic E-state index is -4.11. The maximum atomic E-state index is 12.9. The van der Waals surface area contributed by atoms with Crippen molar-refractivity contribution in [3.05, 3.63) is 92.8 Å². The molecule has 0 aliphatic carbocycles. The van der Waals surface area contributed by atoms with Gasteiger partial charge in [-0.05, 0) is 30.3 Å². The van der Waals surface area contributed by atoms with Gasteiger partial charge >= 0.3 is 0 Å². The van der Waals surface area contributed by atoms with Crippen molar-refractivity contribution in [3.63, 3.8) is 0 Å². The lowest BCUT2D eigenvalue weighted by atomic mass is 10.1. The monoisotopic (exact) mass is 598 g/mol. The van der Waals surface area contributed by atoms with Gasteiger partial charge in [0.25, 0.3) is 15.7 Å². The fraction of sp³-hybridized carbons (Fsp3) is 0.154. The maximum absolute atomic E-state index is 12.9. The second-order valence-electron chi connectivity index (χ2n) is 8.60. The van der Waals surface area contributed by atoms with Crippen LogP contribution >= 0.6 is 22.9 Å². The van der Waals surface area contributed by atoms with Crippen molar-refractivity contribution in [2.75, 3.05) is 41.4 Å². The summed E-state index contributed by atoms with van der Waals surface area (Å²) in [5, 5.41) is 17.2. The van der Waals surface area contributed by atoms with Crippen LogP contribution in [0.15, 0.2) is 82.8 Å². The summed E-state index contributed by atoms with van der Waals surface area (Å²) in [5.41, 5.74) is 4.15. The molecule has 0 radical (unpaired) electrons. The molecule has 4 aromatic rings. The van der Waals surface area contributed by atoms with Crippen molar-refractivity contribution < 1.29 is 18.1 Å². The minimum absolute atomic E-state index is 0.0298. The van der Waals surface area contributed by atoms with Crippen molar-refractivity contribution in [3.8, 4) is 11.3 Å². The zero-order chi connectivity index (χ0) is 28.1. The maximum Gasteiger partial charge on any atom is 0.295 e. The van der Waals surface area contributed by atoms with Crippen LogP contribution < -0.4 is 15.0 Å². The van der Waals surface area contributed by atoms with E-state index in [2.05, 4.69) is 20.1 Å². The van der Waals surface area contributed by atoms with Crippen molar-refractivity contribution in [1.29, 1.82) is 0 Å². The number of morpholine rings is 1. The van der Waals surface area contributed by atoms with Crippen LogP contribution in [0.1, 0.15) is 4.88 Å². The molecular weight excluding hydrogens is 576 g/mol. The Morgan fingerprint density at radius 2 is 1.85 bits per heavy atom. The lowest BCUT2D eigenvalue weighted by Crippen LogP contribution is -2.36. The molecule has 0 saturated carbocycles. The number of hydrazone groups is 1. The van der Waals surface area contributed by atoms with Crippen LogP contribution in [-0.4, -0.2) is 50.8 Å². The normalized spacial score (nSPS) is 13.9. The summed E-state index contributed by atoms with van der Waals surface area (Å²) >= 11 is 7.38. The largest absolute Gasteiger partial charge is 0.378 e. The van der Waals surface area contributed by atoms with Crippen LogP contribution in [0.3, 0.4) is 0 Å². The second kappa shape index (κ2) is 12.0. The summed E-state index contributed by atoms with van der Waals surface area (Å²) in [6.07, 6.45) is 1.55. The Kier molecular flexibility index (Phi) is 8.26. The van der Waals surface area contributed by atoms with Crippen molar-refractivity contribution in [2.24, 2.45) is 5.10 Å². The van der Waals surface area contributed by atoms with E-state index >= 15 is 0 Å². The molecule has 3 aromatic carbocycles. The van der Waals surface area contributed by atoms with E-state index in [1.54, 1.807) is 18.3 Å². The van der Waals surface area contributed by atoms with E-state index in [1.165, 1.54) is 35.6 Å². The van der Waals surface area contributed by atoms with Crippen molar-refractivity contribution in [2.45, 2.75) is 4.90 Å². The van der Waals surface area contributed by atoms with Crippen LogP contribution in [0.25, 0.3) is 11.3 Å². The molecular formula is C26H23ClN6O5S2. The fourth-order valence-corrected chi connectivity index (χ4v) is 6.22. The van der Waals surface area contributed by atoms with E-state index in [1.807, 2.05) is 30.3 Å². The van der Waals surface area contributed by atoms with Gasteiger partial charge in [0.1, 0.15) is 5.69 Å². The summed E-state index contributed by atoms with van der Waals surface area (Å²) < 4.78 is 33.5. The van der Waals surface area contributed by atoms with Gasteiger partial charge in [-0.3, -0.25) is 20.3 Å². The van der Waals surface area contributed by atoms with Crippen LogP contribution in [-0.2, 0) is 14.8 Å². The minimum Gasteiger partial charge on any atom is -0.378 e. The molecule has 0 unspecified atom stereocenters. The van der Waals surface area contributed by atoms with Gasteiger partial charge in [0, 0.05) is 29.7 Å². The van der Waals surface area contributed by atoms with Gasteiger partial charge < -0.3 is 9.64 Å². The molecule has 11 nitrogen and oxygen atoms in total. The first-order valence-corrected chi connectivity index (χ1v) is 14.7. The van der Waals surface area contributed by atoms with Crippen LogP contribution in [0, 0.1) is 10.1 Å². The van der Waals surface area contributed by atoms with Crippen molar-refractivity contribution in [1.82, 2.24) is 4.98 Å². The van der Waals surface area contributed by atoms with E-state index in [0.717, 1.165) is 40.4 Å². The molecule has 14 heteroatoms. The highest BCUT2D eigenvalue weighted by molar-refractivity contribution is 7.92. The molecule has 0 amide bonds. The number of sulfonamides is 1. The third-order valence-corrected chi connectivity index (χ3v) is 8.56. The zero-order valence-corrected chi connectivity index (χ0v) is 23.2. The molecule has 5 rings (SSSR count). The number of halogens is 1. The number of ether oxygens (including phenoxy) is 1. The van der Waals surface area contributed by atoms with Crippen LogP contribution in [0.2, 0.25) is 5.02 Å². The topological polar surface area (TPSA) is 139 Å². The van der Waals surface area contributed by atoms with Gasteiger partial charge in [-0.1, -0.05) is 59.3 Å². The predicted molar refractivity (Wildman–Crippen MR) is 157 cm³/mol. The molecule has 206 valence electrons. The Hall–Kier alpha value is -4.04. The first kappa shape index (κ1) is 27.5. The quantitative estimate of drug-likeness (QED) is 0.147. The number of anilines is 3. The van der Waals surface area contributed by atoms with Gasteiger partial charge in [0.2, 0.25) is 0 Å². The van der Waals surface area contributed by atoms with E-state index < -0.39 is 20.6 Å². The molecule has 2 heterocycles. The number of benzene rings is 3. The van der Waals surface area contributed by atoms with Gasteiger partial charge in [-0.15, -0.1) is 0 Å². The Morgan fingerprint density at radius 1 is 1.07 bits per heavy atom. The highest BCUT2D eigenvalue weighted by Crippen LogP contribution is 2.33. The summed E-state index contributed by atoms with van der Waals surface area (Å²) in [6.45, 7) is 2.69. The Morgan fingerprint density at radius 3 is 2.58 bits per heavy atom. The number of nitrogens with one attached hydrogen (secondary N) is 2. The summed E-state index contributed by atoms with van der Waals surface area (Å²) in [5.74, 6) is 0. The molecule has 1 fully saturated rings. The molecule has 1 aliphatic heterocycles. The first-order valence-electron chi connectivity index (χ1n) is 12.0. The third kappa shape index (κ3) is 6.39. The number of thiazole rings is 1. The van der Waals surface area contributed by atoms with Gasteiger partial charge in [0.05, 0.1) is 45.5 Å². The van der Waals surface area contributed by atoms with E-state index in [9.17, 15) is 18.5 Å². The highest BCUT2D eigenvalue weighted by atomic mass is 35.5. The molecule has 1 aromatic heterocycles. The SMILES string of the molecule is O=[N+]([O-])c1cc(S(=O)(=O)Nc2cccc(Cl)c2)ccc1NN=Cc1sc(N2CCOCC2)nc1-c1ccccc1. The molecule has 1 aliphatic rings. The van der Waals surface area contributed by atoms with E-state index in [-0.39, 0.29) is 16.3 Å². The summed E-state index contributed by atoms with van der Waals surface area (Å²) in [4.78, 5) is 18.6. The molecule has 0 spiro atoms. The summed E-state index contributed by atoms with van der Waals surface area (Å²) in [7, 11) is -4.11. The Labute approximate surface area is 239 Å². The molecule has 0 atom stereocenters. The van der Waals surface area contributed by atoms with Crippen molar-refractivity contribution >= 4 is 61.4 Å². The highest BCUT2D eigenvalue weighted by Gasteiger charge is 2.22.